The first-order chi connectivity index (χ1) is 7.97. The molecule has 0 saturated heterocycles. The highest BCUT2D eigenvalue weighted by atomic mass is 32.1. The van der Waals surface area contributed by atoms with Crippen LogP contribution in [0.3, 0.4) is 0 Å². The molecule has 0 heterocycles. The molecule has 0 saturated carbocycles. The average Bonchev–Trinajstić information content (AvgIpc) is 2.26. The minimum atomic E-state index is 0.448. The van der Waals surface area contributed by atoms with Gasteiger partial charge in [0.15, 0.2) is 0 Å². The van der Waals surface area contributed by atoms with Gasteiger partial charge in [-0.2, -0.15) is 0 Å². The van der Waals surface area contributed by atoms with Crippen molar-refractivity contribution < 1.29 is 0 Å². The van der Waals surface area contributed by atoms with Gasteiger partial charge in [0.1, 0.15) is 4.99 Å². The lowest BCUT2D eigenvalue weighted by Crippen LogP contribution is -2.27. The summed E-state index contributed by atoms with van der Waals surface area (Å²) in [6.45, 7) is 8.72. The number of hydrogen-bond donors (Lipinski definition) is 2. The van der Waals surface area contributed by atoms with E-state index in [1.54, 1.807) is 0 Å². The van der Waals surface area contributed by atoms with Crippen molar-refractivity contribution in [1.29, 1.82) is 0 Å². The summed E-state index contributed by atoms with van der Waals surface area (Å²) in [5, 5.41) is 3.58. The third-order valence-corrected chi connectivity index (χ3v) is 3.33. The van der Waals surface area contributed by atoms with E-state index in [-0.39, 0.29) is 0 Å². The highest BCUT2D eigenvalue weighted by Gasteiger charge is 2.14. The minimum absolute atomic E-state index is 0.448. The van der Waals surface area contributed by atoms with Gasteiger partial charge < -0.3 is 11.1 Å². The summed E-state index contributed by atoms with van der Waals surface area (Å²) in [4.78, 5) is 0.454. The van der Waals surface area contributed by atoms with Crippen LogP contribution in [0.15, 0.2) is 18.2 Å². The number of aryl methyl sites for hydroxylation is 1. The fourth-order valence-corrected chi connectivity index (χ4v) is 2.16. The second-order valence-electron chi connectivity index (χ2n) is 4.76. The van der Waals surface area contributed by atoms with Crippen molar-refractivity contribution in [1.82, 2.24) is 0 Å². The van der Waals surface area contributed by atoms with E-state index in [0.29, 0.717) is 16.9 Å². The fourth-order valence-electron chi connectivity index (χ4n) is 1.99. The Bertz CT molecular complexity index is 399. The summed E-state index contributed by atoms with van der Waals surface area (Å²) in [7, 11) is 0. The summed E-state index contributed by atoms with van der Waals surface area (Å²) >= 11 is 5.10. The van der Waals surface area contributed by atoms with E-state index in [2.05, 4.69) is 39.1 Å². The normalized spacial score (nSPS) is 12.5. The Kier molecular flexibility index (Phi) is 4.94. The Hall–Kier alpha value is -1.09. The molecule has 1 aromatic rings. The van der Waals surface area contributed by atoms with Crippen molar-refractivity contribution >= 4 is 22.9 Å². The first-order valence-electron chi connectivity index (χ1n) is 6.13. The van der Waals surface area contributed by atoms with Crippen LogP contribution in [0.2, 0.25) is 0 Å². The zero-order chi connectivity index (χ0) is 13.0. The third kappa shape index (κ3) is 3.43. The standard InChI is InChI=1S/C14H22N2S/c1-5-12(9(2)3)16-13-10(4)7-6-8-11(13)14(15)17/h6-9,12,16H,5H2,1-4H3,(H2,15,17). The number of nitrogens with two attached hydrogens (primary N) is 1. The molecule has 1 atom stereocenters. The lowest BCUT2D eigenvalue weighted by atomic mass is 9.99. The molecule has 0 radical (unpaired) electrons. The predicted octanol–water partition coefficient (Wildman–Crippen LogP) is 3.48. The zero-order valence-corrected chi connectivity index (χ0v) is 11.9. The molecule has 1 rings (SSSR count). The van der Waals surface area contributed by atoms with Crippen LogP contribution in [-0.4, -0.2) is 11.0 Å². The van der Waals surface area contributed by atoms with Gasteiger partial charge in [-0.1, -0.05) is 45.1 Å². The molecule has 0 aliphatic carbocycles. The Balaban J connectivity index is 3.07. The first-order valence-corrected chi connectivity index (χ1v) is 6.54. The SMILES string of the molecule is CCC(Nc1c(C)cccc1C(N)=S)C(C)C. The van der Waals surface area contributed by atoms with Crippen LogP contribution < -0.4 is 11.1 Å². The Morgan fingerprint density at radius 1 is 1.41 bits per heavy atom. The summed E-state index contributed by atoms with van der Waals surface area (Å²) in [6.07, 6.45) is 1.09. The van der Waals surface area contributed by atoms with E-state index in [0.717, 1.165) is 17.7 Å². The number of hydrogen-bond acceptors (Lipinski definition) is 2. The van der Waals surface area contributed by atoms with E-state index in [4.69, 9.17) is 18.0 Å². The maximum atomic E-state index is 5.77. The molecule has 0 bridgehead atoms. The van der Waals surface area contributed by atoms with Crippen molar-refractivity contribution in [3.63, 3.8) is 0 Å². The van der Waals surface area contributed by atoms with Crippen LogP contribution in [-0.2, 0) is 0 Å². The zero-order valence-electron chi connectivity index (χ0n) is 11.1. The molecule has 0 fully saturated rings. The van der Waals surface area contributed by atoms with Crippen LogP contribution in [0.4, 0.5) is 5.69 Å². The lowest BCUT2D eigenvalue weighted by Gasteiger charge is -2.24. The molecule has 0 spiro atoms. The molecule has 94 valence electrons. The highest BCUT2D eigenvalue weighted by Crippen LogP contribution is 2.23. The second-order valence-corrected chi connectivity index (χ2v) is 5.20. The molecule has 3 heteroatoms. The number of nitrogens with one attached hydrogen (secondary N) is 1. The van der Waals surface area contributed by atoms with Crippen molar-refractivity contribution in [2.45, 2.75) is 40.2 Å². The first kappa shape index (κ1) is 14.0. The van der Waals surface area contributed by atoms with Gasteiger partial charge in [0.05, 0.1) is 0 Å². The average molecular weight is 250 g/mol. The van der Waals surface area contributed by atoms with Crippen molar-refractivity contribution in [3.05, 3.63) is 29.3 Å². The predicted molar refractivity (Wildman–Crippen MR) is 79.6 cm³/mol. The van der Waals surface area contributed by atoms with Crippen molar-refractivity contribution in [2.24, 2.45) is 11.7 Å². The topological polar surface area (TPSA) is 38.0 Å². The molecule has 17 heavy (non-hydrogen) atoms. The van der Waals surface area contributed by atoms with E-state index >= 15 is 0 Å². The van der Waals surface area contributed by atoms with E-state index in [1.165, 1.54) is 5.56 Å². The molecule has 2 nitrogen and oxygen atoms in total. The maximum Gasteiger partial charge on any atom is 0.106 e. The lowest BCUT2D eigenvalue weighted by molar-refractivity contribution is 0.511. The van der Waals surface area contributed by atoms with Gasteiger partial charge in [0, 0.05) is 17.3 Å². The molecular formula is C14H22N2S. The molecule has 1 aromatic carbocycles. The monoisotopic (exact) mass is 250 g/mol. The molecule has 0 aliphatic heterocycles. The molecular weight excluding hydrogens is 228 g/mol. The largest absolute Gasteiger partial charge is 0.389 e. The molecule has 0 aliphatic rings. The van der Waals surface area contributed by atoms with Crippen molar-refractivity contribution in [3.8, 4) is 0 Å². The quantitative estimate of drug-likeness (QED) is 0.786. The maximum absolute atomic E-state index is 5.77. The summed E-state index contributed by atoms with van der Waals surface area (Å²) in [5.74, 6) is 0.582. The van der Waals surface area contributed by atoms with Gasteiger partial charge in [0.25, 0.3) is 0 Å². The van der Waals surface area contributed by atoms with Crippen LogP contribution >= 0.6 is 12.2 Å². The Morgan fingerprint density at radius 3 is 2.53 bits per heavy atom. The highest BCUT2D eigenvalue weighted by molar-refractivity contribution is 7.80. The molecule has 1 unspecified atom stereocenters. The minimum Gasteiger partial charge on any atom is -0.389 e. The van der Waals surface area contributed by atoms with Crippen LogP contribution in [0, 0.1) is 12.8 Å². The molecule has 0 amide bonds. The summed E-state index contributed by atoms with van der Waals surface area (Å²) < 4.78 is 0. The number of rotatable bonds is 5. The van der Waals surface area contributed by atoms with Gasteiger partial charge in [0.2, 0.25) is 0 Å². The summed E-state index contributed by atoms with van der Waals surface area (Å²) in [5.41, 5.74) is 8.98. The fraction of sp³-hybridized carbons (Fsp3) is 0.500. The summed E-state index contributed by atoms with van der Waals surface area (Å²) in [6, 6.07) is 6.50. The van der Waals surface area contributed by atoms with Gasteiger partial charge >= 0.3 is 0 Å². The smallest absolute Gasteiger partial charge is 0.106 e. The number of para-hydroxylation sites is 1. The van der Waals surface area contributed by atoms with E-state index in [1.807, 2.05) is 12.1 Å². The van der Waals surface area contributed by atoms with Crippen LogP contribution in [0.25, 0.3) is 0 Å². The number of anilines is 1. The number of thiocarbonyl (C=S) groups is 1. The van der Waals surface area contributed by atoms with E-state index < -0.39 is 0 Å². The Morgan fingerprint density at radius 2 is 2.06 bits per heavy atom. The number of benzene rings is 1. The van der Waals surface area contributed by atoms with Crippen LogP contribution in [0.1, 0.15) is 38.3 Å². The third-order valence-electron chi connectivity index (χ3n) is 3.11. The van der Waals surface area contributed by atoms with Gasteiger partial charge in [-0.05, 0) is 30.9 Å². The van der Waals surface area contributed by atoms with Gasteiger partial charge in [-0.15, -0.1) is 0 Å². The molecule has 0 aromatic heterocycles. The van der Waals surface area contributed by atoms with Crippen molar-refractivity contribution in [2.75, 3.05) is 5.32 Å². The van der Waals surface area contributed by atoms with Gasteiger partial charge in [-0.3, -0.25) is 0 Å². The van der Waals surface area contributed by atoms with Crippen LogP contribution in [0.5, 0.6) is 0 Å². The second kappa shape index (κ2) is 6.01. The van der Waals surface area contributed by atoms with Gasteiger partial charge in [-0.25, -0.2) is 0 Å². The Labute approximate surface area is 110 Å². The van der Waals surface area contributed by atoms with E-state index in [9.17, 15) is 0 Å². The molecule has 3 N–H and O–H groups in total.